The van der Waals surface area contributed by atoms with Crippen LogP contribution in [0.4, 0.5) is 10.1 Å². The molecule has 2 rings (SSSR count). The summed E-state index contributed by atoms with van der Waals surface area (Å²) in [5.74, 6) is -0.195. The van der Waals surface area contributed by atoms with Crippen molar-refractivity contribution in [1.29, 1.82) is 0 Å². The molecule has 0 heterocycles. The molecule has 1 N–H and O–H groups in total. The van der Waals surface area contributed by atoms with Crippen molar-refractivity contribution in [1.82, 2.24) is 4.90 Å². The first-order valence-electron chi connectivity index (χ1n) is 6.56. The first-order valence-corrected chi connectivity index (χ1v) is 6.94. The molecule has 0 aliphatic carbocycles. The number of benzene rings is 2. The number of likely N-dealkylation sites (N-methyl/N-ethyl adjacent to an activating group) is 1. The maximum atomic E-state index is 12.8. The molecule has 0 amide bonds. The number of hydrogen-bond donors (Lipinski definition) is 1. The van der Waals surface area contributed by atoms with Crippen molar-refractivity contribution in [3.8, 4) is 0 Å². The molecular weight excluding hydrogens is 275 g/mol. The molecule has 0 spiro atoms. The highest BCUT2D eigenvalue weighted by Gasteiger charge is 2.01. The molecule has 2 nitrogen and oxygen atoms in total. The third-order valence-electron chi connectivity index (χ3n) is 3.01. The monoisotopic (exact) mass is 292 g/mol. The van der Waals surface area contributed by atoms with Crippen LogP contribution in [0.3, 0.4) is 0 Å². The normalized spacial score (nSPS) is 10.8. The largest absolute Gasteiger partial charge is 0.384 e. The molecule has 0 atom stereocenters. The predicted molar refractivity (Wildman–Crippen MR) is 82.7 cm³/mol. The fourth-order valence-corrected chi connectivity index (χ4v) is 2.16. The van der Waals surface area contributed by atoms with Crippen molar-refractivity contribution in [2.24, 2.45) is 0 Å². The highest BCUT2D eigenvalue weighted by molar-refractivity contribution is 6.30. The first kappa shape index (κ1) is 14.8. The fourth-order valence-electron chi connectivity index (χ4n) is 1.97. The maximum absolute atomic E-state index is 12.8. The Hall–Kier alpha value is -1.58. The lowest BCUT2D eigenvalue weighted by molar-refractivity contribution is 0.340. The van der Waals surface area contributed by atoms with Crippen LogP contribution in [0.25, 0.3) is 0 Å². The minimum atomic E-state index is -0.195. The van der Waals surface area contributed by atoms with Gasteiger partial charge in [0.05, 0.1) is 0 Å². The maximum Gasteiger partial charge on any atom is 0.123 e. The zero-order chi connectivity index (χ0) is 14.4. The van der Waals surface area contributed by atoms with E-state index in [-0.39, 0.29) is 5.82 Å². The number of nitrogens with zero attached hydrogens (tertiary/aromatic N) is 1. The summed E-state index contributed by atoms with van der Waals surface area (Å²) in [6.07, 6.45) is 0. The molecule has 0 aliphatic heterocycles. The Labute approximate surface area is 124 Å². The lowest BCUT2D eigenvalue weighted by Gasteiger charge is -2.17. The van der Waals surface area contributed by atoms with Gasteiger partial charge in [-0.1, -0.05) is 29.8 Å². The van der Waals surface area contributed by atoms with Crippen LogP contribution >= 0.6 is 11.6 Å². The van der Waals surface area contributed by atoms with Gasteiger partial charge in [0.15, 0.2) is 0 Å². The Morgan fingerprint density at radius 2 is 1.90 bits per heavy atom. The van der Waals surface area contributed by atoms with Crippen molar-refractivity contribution in [3.63, 3.8) is 0 Å². The molecule has 0 fully saturated rings. The molecule has 0 bridgehead atoms. The average molecular weight is 293 g/mol. The van der Waals surface area contributed by atoms with Gasteiger partial charge in [-0.15, -0.1) is 0 Å². The van der Waals surface area contributed by atoms with Crippen molar-refractivity contribution in [2.45, 2.75) is 6.54 Å². The average Bonchev–Trinajstić information content (AvgIpc) is 2.41. The Morgan fingerprint density at radius 3 is 2.60 bits per heavy atom. The van der Waals surface area contributed by atoms with Crippen LogP contribution in [-0.4, -0.2) is 25.0 Å². The quantitative estimate of drug-likeness (QED) is 0.865. The summed E-state index contributed by atoms with van der Waals surface area (Å²) in [5.41, 5.74) is 2.13. The van der Waals surface area contributed by atoms with Crippen molar-refractivity contribution in [3.05, 3.63) is 64.9 Å². The second-order valence-electron chi connectivity index (χ2n) is 4.80. The standard InChI is InChI=1S/C16H18ClFN2/c1-20(12-13-5-7-15(18)8-6-13)10-9-19-16-4-2-3-14(17)11-16/h2-8,11,19H,9-10,12H2,1H3. The van der Waals surface area contributed by atoms with E-state index in [0.717, 1.165) is 35.9 Å². The van der Waals surface area contributed by atoms with Crippen molar-refractivity contribution >= 4 is 17.3 Å². The van der Waals surface area contributed by atoms with Crippen LogP contribution in [0.2, 0.25) is 5.02 Å². The Kier molecular flexibility index (Phi) is 5.39. The summed E-state index contributed by atoms with van der Waals surface area (Å²) in [6.45, 7) is 2.53. The summed E-state index contributed by atoms with van der Waals surface area (Å²) < 4.78 is 12.8. The van der Waals surface area contributed by atoms with Crippen LogP contribution in [0.15, 0.2) is 48.5 Å². The predicted octanol–water partition coefficient (Wildman–Crippen LogP) is 4.02. The van der Waals surface area contributed by atoms with Gasteiger partial charge >= 0.3 is 0 Å². The molecule has 0 radical (unpaired) electrons. The lowest BCUT2D eigenvalue weighted by Crippen LogP contribution is -2.24. The number of rotatable bonds is 6. The third-order valence-corrected chi connectivity index (χ3v) is 3.25. The lowest BCUT2D eigenvalue weighted by atomic mass is 10.2. The molecule has 2 aromatic carbocycles. The van der Waals surface area contributed by atoms with Crippen LogP contribution in [0.1, 0.15) is 5.56 Å². The SMILES string of the molecule is CN(CCNc1cccc(Cl)c1)Cc1ccc(F)cc1. The van der Waals surface area contributed by atoms with Gasteiger partial charge in [-0.2, -0.15) is 0 Å². The molecule has 4 heteroatoms. The van der Waals surface area contributed by atoms with Crippen molar-refractivity contribution < 1.29 is 4.39 Å². The van der Waals surface area contributed by atoms with E-state index in [1.54, 1.807) is 0 Å². The van der Waals surface area contributed by atoms with Gasteiger partial charge in [0.25, 0.3) is 0 Å². The first-order chi connectivity index (χ1) is 9.63. The van der Waals surface area contributed by atoms with Gasteiger partial charge < -0.3 is 10.2 Å². The number of nitrogens with one attached hydrogen (secondary N) is 1. The minimum absolute atomic E-state index is 0.195. The van der Waals surface area contributed by atoms with Crippen LogP contribution in [0, 0.1) is 5.82 Å². The Bertz CT molecular complexity index is 542. The molecule has 0 aliphatic rings. The second-order valence-corrected chi connectivity index (χ2v) is 5.24. The van der Waals surface area contributed by atoms with Crippen LogP contribution in [0.5, 0.6) is 0 Å². The zero-order valence-electron chi connectivity index (χ0n) is 11.4. The zero-order valence-corrected chi connectivity index (χ0v) is 12.2. The molecule has 106 valence electrons. The molecule has 20 heavy (non-hydrogen) atoms. The van der Waals surface area contributed by atoms with E-state index in [1.807, 2.05) is 43.4 Å². The molecular formula is C16H18ClFN2. The summed E-state index contributed by atoms with van der Waals surface area (Å²) >= 11 is 5.93. The topological polar surface area (TPSA) is 15.3 Å². The fraction of sp³-hybridized carbons (Fsp3) is 0.250. The number of anilines is 1. The molecule has 2 aromatic rings. The van der Waals surface area contributed by atoms with E-state index in [2.05, 4.69) is 10.2 Å². The van der Waals surface area contributed by atoms with Crippen molar-refractivity contribution in [2.75, 3.05) is 25.5 Å². The van der Waals surface area contributed by atoms with Gasteiger partial charge in [0.1, 0.15) is 5.82 Å². The summed E-state index contributed by atoms with van der Waals surface area (Å²) in [7, 11) is 2.04. The molecule has 0 saturated heterocycles. The summed E-state index contributed by atoms with van der Waals surface area (Å²) in [6, 6.07) is 14.3. The Balaban J connectivity index is 1.75. The Morgan fingerprint density at radius 1 is 1.15 bits per heavy atom. The summed E-state index contributed by atoms with van der Waals surface area (Å²) in [4.78, 5) is 2.19. The molecule has 0 unspecified atom stereocenters. The van der Waals surface area contributed by atoms with Crippen LogP contribution in [-0.2, 0) is 6.54 Å². The van der Waals surface area contributed by atoms with E-state index in [4.69, 9.17) is 11.6 Å². The highest BCUT2D eigenvalue weighted by Crippen LogP contribution is 2.14. The van der Waals surface area contributed by atoms with E-state index in [0.29, 0.717) is 0 Å². The highest BCUT2D eigenvalue weighted by atomic mass is 35.5. The smallest absolute Gasteiger partial charge is 0.123 e. The van der Waals surface area contributed by atoms with Gasteiger partial charge in [-0.25, -0.2) is 4.39 Å². The third kappa shape index (κ3) is 4.83. The minimum Gasteiger partial charge on any atom is -0.384 e. The van der Waals surface area contributed by atoms with E-state index >= 15 is 0 Å². The molecule has 0 saturated carbocycles. The van der Waals surface area contributed by atoms with Gasteiger partial charge in [0.2, 0.25) is 0 Å². The number of hydrogen-bond acceptors (Lipinski definition) is 2. The second kappa shape index (κ2) is 7.27. The van der Waals surface area contributed by atoms with Gasteiger partial charge in [0, 0.05) is 30.3 Å². The van der Waals surface area contributed by atoms with E-state index in [1.165, 1.54) is 12.1 Å². The van der Waals surface area contributed by atoms with E-state index in [9.17, 15) is 4.39 Å². The van der Waals surface area contributed by atoms with Gasteiger partial charge in [-0.05, 0) is 42.9 Å². The van der Waals surface area contributed by atoms with Crippen LogP contribution < -0.4 is 5.32 Å². The van der Waals surface area contributed by atoms with E-state index < -0.39 is 0 Å². The number of halogens is 2. The summed E-state index contributed by atoms with van der Waals surface area (Å²) in [5, 5.41) is 4.06. The molecule has 0 aromatic heterocycles. The van der Waals surface area contributed by atoms with Gasteiger partial charge in [-0.3, -0.25) is 0 Å².